The van der Waals surface area contributed by atoms with Crippen LogP contribution in [0.1, 0.15) is 39.3 Å². The first-order valence-corrected chi connectivity index (χ1v) is 6.43. The molecule has 0 bridgehead atoms. The SMILES string of the molecule is CCCc1cc(NC(CN)CC(C)C)ncn1. The summed E-state index contributed by atoms with van der Waals surface area (Å²) < 4.78 is 0. The summed E-state index contributed by atoms with van der Waals surface area (Å²) in [5.41, 5.74) is 6.85. The zero-order valence-electron chi connectivity index (χ0n) is 11.1. The average Bonchev–Trinajstić information content (AvgIpc) is 2.28. The lowest BCUT2D eigenvalue weighted by atomic mass is 10.0. The molecule has 4 nitrogen and oxygen atoms in total. The standard InChI is InChI=1S/C13H24N4/c1-4-5-11-7-13(16-9-15-11)17-12(8-14)6-10(2)3/h7,9-10,12H,4-6,8,14H2,1-3H3,(H,15,16,17). The number of hydrogen-bond donors (Lipinski definition) is 2. The molecule has 1 heterocycles. The van der Waals surface area contributed by atoms with Crippen LogP contribution in [0.2, 0.25) is 0 Å². The van der Waals surface area contributed by atoms with Crippen LogP contribution in [-0.2, 0) is 6.42 Å². The molecule has 0 saturated heterocycles. The van der Waals surface area contributed by atoms with Gasteiger partial charge in [-0.3, -0.25) is 0 Å². The van der Waals surface area contributed by atoms with Gasteiger partial charge in [-0.05, 0) is 18.8 Å². The second kappa shape index (κ2) is 7.22. The average molecular weight is 236 g/mol. The van der Waals surface area contributed by atoms with E-state index in [9.17, 15) is 0 Å². The quantitative estimate of drug-likeness (QED) is 0.762. The van der Waals surface area contributed by atoms with Crippen LogP contribution in [0.3, 0.4) is 0 Å². The fraction of sp³-hybridized carbons (Fsp3) is 0.692. The minimum absolute atomic E-state index is 0.291. The Balaban J connectivity index is 2.62. The van der Waals surface area contributed by atoms with E-state index >= 15 is 0 Å². The van der Waals surface area contributed by atoms with Crippen molar-refractivity contribution in [3.63, 3.8) is 0 Å². The Labute approximate surface area is 104 Å². The van der Waals surface area contributed by atoms with Crippen LogP contribution in [0.15, 0.2) is 12.4 Å². The molecule has 1 rings (SSSR count). The molecule has 0 aromatic carbocycles. The highest BCUT2D eigenvalue weighted by atomic mass is 15.0. The molecule has 0 aliphatic rings. The number of nitrogens with one attached hydrogen (secondary N) is 1. The van der Waals surface area contributed by atoms with Gasteiger partial charge >= 0.3 is 0 Å². The van der Waals surface area contributed by atoms with E-state index in [2.05, 4.69) is 36.1 Å². The summed E-state index contributed by atoms with van der Waals surface area (Å²) in [6.07, 6.45) is 4.78. The molecule has 3 N–H and O–H groups in total. The molecule has 0 amide bonds. The van der Waals surface area contributed by atoms with E-state index in [-0.39, 0.29) is 0 Å². The maximum absolute atomic E-state index is 5.76. The molecule has 1 atom stereocenters. The van der Waals surface area contributed by atoms with Gasteiger partial charge in [-0.2, -0.15) is 0 Å². The first-order chi connectivity index (χ1) is 8.15. The van der Waals surface area contributed by atoms with Crippen molar-refractivity contribution in [1.82, 2.24) is 9.97 Å². The zero-order chi connectivity index (χ0) is 12.7. The van der Waals surface area contributed by atoms with Crippen LogP contribution in [0, 0.1) is 5.92 Å². The third-order valence-electron chi connectivity index (χ3n) is 2.62. The number of nitrogens with zero attached hydrogens (tertiary/aromatic N) is 2. The number of hydrogen-bond acceptors (Lipinski definition) is 4. The normalized spacial score (nSPS) is 12.8. The Hall–Kier alpha value is -1.16. The van der Waals surface area contributed by atoms with Crippen molar-refractivity contribution in [3.8, 4) is 0 Å². The summed E-state index contributed by atoms with van der Waals surface area (Å²) >= 11 is 0. The second-order valence-corrected chi connectivity index (χ2v) is 4.85. The van der Waals surface area contributed by atoms with Crippen molar-refractivity contribution in [2.24, 2.45) is 11.7 Å². The summed E-state index contributed by atoms with van der Waals surface area (Å²) in [6.45, 7) is 7.18. The van der Waals surface area contributed by atoms with Gasteiger partial charge in [0, 0.05) is 24.3 Å². The van der Waals surface area contributed by atoms with Crippen LogP contribution >= 0.6 is 0 Å². The maximum atomic E-state index is 5.76. The number of aryl methyl sites for hydroxylation is 1. The third-order valence-corrected chi connectivity index (χ3v) is 2.62. The fourth-order valence-corrected chi connectivity index (χ4v) is 1.86. The van der Waals surface area contributed by atoms with Gasteiger partial charge in [0.25, 0.3) is 0 Å². The molecule has 4 heteroatoms. The minimum Gasteiger partial charge on any atom is -0.366 e. The van der Waals surface area contributed by atoms with Gasteiger partial charge in [-0.25, -0.2) is 9.97 Å². The molecule has 1 unspecified atom stereocenters. The molecule has 0 saturated carbocycles. The Morgan fingerprint density at radius 1 is 1.35 bits per heavy atom. The second-order valence-electron chi connectivity index (χ2n) is 4.85. The van der Waals surface area contributed by atoms with E-state index in [0.29, 0.717) is 18.5 Å². The molecule has 96 valence electrons. The lowest BCUT2D eigenvalue weighted by Gasteiger charge is -2.19. The first kappa shape index (κ1) is 13.9. The zero-order valence-corrected chi connectivity index (χ0v) is 11.1. The van der Waals surface area contributed by atoms with Crippen molar-refractivity contribution in [1.29, 1.82) is 0 Å². The van der Waals surface area contributed by atoms with Crippen LogP contribution in [0.4, 0.5) is 5.82 Å². The predicted octanol–water partition coefficient (Wildman–Crippen LogP) is 2.21. The van der Waals surface area contributed by atoms with Gasteiger partial charge in [0.15, 0.2) is 0 Å². The minimum atomic E-state index is 0.291. The Morgan fingerprint density at radius 2 is 2.12 bits per heavy atom. The number of rotatable bonds is 7. The summed E-state index contributed by atoms with van der Waals surface area (Å²) in [4.78, 5) is 8.48. The summed E-state index contributed by atoms with van der Waals surface area (Å²) in [5.74, 6) is 1.52. The van der Waals surface area contributed by atoms with Crippen LogP contribution in [-0.4, -0.2) is 22.6 Å². The first-order valence-electron chi connectivity index (χ1n) is 6.43. The van der Waals surface area contributed by atoms with E-state index in [1.165, 1.54) is 0 Å². The fourth-order valence-electron chi connectivity index (χ4n) is 1.86. The van der Waals surface area contributed by atoms with Crippen molar-refractivity contribution >= 4 is 5.82 Å². The van der Waals surface area contributed by atoms with E-state index < -0.39 is 0 Å². The lowest BCUT2D eigenvalue weighted by molar-refractivity contribution is 0.521. The van der Waals surface area contributed by atoms with Gasteiger partial charge in [0.05, 0.1) is 0 Å². The Bertz CT molecular complexity index is 325. The summed E-state index contributed by atoms with van der Waals surface area (Å²) in [5, 5.41) is 3.38. The molecular formula is C13H24N4. The van der Waals surface area contributed by atoms with Crippen LogP contribution < -0.4 is 11.1 Å². The molecule has 17 heavy (non-hydrogen) atoms. The van der Waals surface area contributed by atoms with E-state index in [1.54, 1.807) is 6.33 Å². The van der Waals surface area contributed by atoms with Crippen molar-refractivity contribution in [2.75, 3.05) is 11.9 Å². The highest BCUT2D eigenvalue weighted by Crippen LogP contribution is 2.11. The largest absolute Gasteiger partial charge is 0.366 e. The number of aromatic nitrogens is 2. The molecule has 0 aliphatic heterocycles. The molecule has 1 aromatic heterocycles. The van der Waals surface area contributed by atoms with Gasteiger partial charge in [-0.15, -0.1) is 0 Å². The topological polar surface area (TPSA) is 63.8 Å². The highest BCUT2D eigenvalue weighted by Gasteiger charge is 2.09. The van der Waals surface area contributed by atoms with Gasteiger partial charge in [0.1, 0.15) is 12.1 Å². The summed E-state index contributed by atoms with van der Waals surface area (Å²) in [6, 6.07) is 2.31. The smallest absolute Gasteiger partial charge is 0.129 e. The Morgan fingerprint density at radius 3 is 2.71 bits per heavy atom. The molecule has 0 aliphatic carbocycles. The van der Waals surface area contributed by atoms with Gasteiger partial charge in [-0.1, -0.05) is 27.2 Å². The van der Waals surface area contributed by atoms with E-state index in [0.717, 1.165) is 30.8 Å². The van der Waals surface area contributed by atoms with E-state index in [1.807, 2.05) is 6.07 Å². The maximum Gasteiger partial charge on any atom is 0.129 e. The summed E-state index contributed by atoms with van der Waals surface area (Å²) in [7, 11) is 0. The molecule has 0 radical (unpaired) electrons. The molecule has 1 aromatic rings. The Kier molecular flexibility index (Phi) is 5.91. The van der Waals surface area contributed by atoms with Crippen molar-refractivity contribution in [3.05, 3.63) is 18.1 Å². The van der Waals surface area contributed by atoms with Crippen LogP contribution in [0.25, 0.3) is 0 Å². The lowest BCUT2D eigenvalue weighted by Crippen LogP contribution is -2.30. The number of nitrogens with two attached hydrogens (primary N) is 1. The van der Waals surface area contributed by atoms with E-state index in [4.69, 9.17) is 5.73 Å². The van der Waals surface area contributed by atoms with Crippen molar-refractivity contribution < 1.29 is 0 Å². The third kappa shape index (κ3) is 5.13. The van der Waals surface area contributed by atoms with Gasteiger partial charge in [0.2, 0.25) is 0 Å². The molecule has 0 spiro atoms. The monoisotopic (exact) mass is 236 g/mol. The van der Waals surface area contributed by atoms with Crippen LogP contribution in [0.5, 0.6) is 0 Å². The van der Waals surface area contributed by atoms with Gasteiger partial charge < -0.3 is 11.1 Å². The number of anilines is 1. The molecule has 0 fully saturated rings. The highest BCUT2D eigenvalue weighted by molar-refractivity contribution is 5.36. The van der Waals surface area contributed by atoms with Crippen molar-refractivity contribution in [2.45, 2.75) is 46.1 Å². The molecular weight excluding hydrogens is 212 g/mol. The predicted molar refractivity (Wildman–Crippen MR) is 71.9 cm³/mol.